The molecule has 1 aromatic rings. The van der Waals surface area contributed by atoms with Gasteiger partial charge in [0, 0.05) is 6.42 Å². The van der Waals surface area contributed by atoms with Gasteiger partial charge in [-0.2, -0.15) is 13.2 Å². The number of hydrogen-bond donors (Lipinski definition) is 1. The van der Waals surface area contributed by atoms with Gasteiger partial charge in [-0.25, -0.2) is 8.42 Å². The van der Waals surface area contributed by atoms with E-state index in [0.717, 1.165) is 12.1 Å². The summed E-state index contributed by atoms with van der Waals surface area (Å²) in [5.74, 6) is -0.602. The standard InChI is InChI=1S/C16H20F3NO3S/c1-11(12-3-5-13(6-4-12)16(17,18)19)9-14(21)20-15(2)7-8-24(22,23)10-15/h3-6,11H,7-10H2,1-2H3,(H,20,21). The van der Waals surface area contributed by atoms with E-state index in [2.05, 4.69) is 5.32 Å². The van der Waals surface area contributed by atoms with Crippen molar-refractivity contribution in [1.29, 1.82) is 0 Å². The second kappa shape index (κ2) is 6.38. The number of alkyl halides is 3. The van der Waals surface area contributed by atoms with Crippen molar-refractivity contribution in [2.75, 3.05) is 11.5 Å². The molecular weight excluding hydrogens is 343 g/mol. The highest BCUT2D eigenvalue weighted by molar-refractivity contribution is 7.91. The predicted molar refractivity (Wildman–Crippen MR) is 84.3 cm³/mol. The molecule has 1 aromatic carbocycles. The molecule has 134 valence electrons. The first-order valence-electron chi connectivity index (χ1n) is 7.59. The normalized spacial score (nSPS) is 24.5. The fourth-order valence-electron chi connectivity index (χ4n) is 2.89. The molecule has 2 rings (SSSR count). The Morgan fingerprint density at radius 3 is 2.33 bits per heavy atom. The molecule has 0 spiro atoms. The molecule has 2 atom stereocenters. The molecule has 1 fully saturated rings. The van der Waals surface area contributed by atoms with Crippen molar-refractivity contribution >= 4 is 15.7 Å². The van der Waals surface area contributed by atoms with Crippen LogP contribution < -0.4 is 5.32 Å². The number of carbonyl (C=O) groups excluding carboxylic acids is 1. The SMILES string of the molecule is CC(CC(=O)NC1(C)CCS(=O)(=O)C1)c1ccc(C(F)(F)F)cc1. The molecule has 8 heteroatoms. The Hall–Kier alpha value is -1.57. The summed E-state index contributed by atoms with van der Waals surface area (Å²) in [5.41, 5.74) is -0.871. The second-order valence-corrected chi connectivity index (χ2v) is 8.86. The minimum absolute atomic E-state index is 0.0538. The van der Waals surface area contributed by atoms with E-state index in [0.29, 0.717) is 12.0 Å². The summed E-state index contributed by atoms with van der Waals surface area (Å²) < 4.78 is 60.7. The zero-order valence-corrected chi connectivity index (χ0v) is 14.3. The average molecular weight is 363 g/mol. The van der Waals surface area contributed by atoms with E-state index < -0.39 is 27.1 Å². The van der Waals surface area contributed by atoms with Gasteiger partial charge in [0.05, 0.1) is 22.6 Å². The second-order valence-electron chi connectivity index (χ2n) is 6.68. The highest BCUT2D eigenvalue weighted by Gasteiger charge is 2.39. The lowest BCUT2D eigenvalue weighted by atomic mass is 9.95. The number of carbonyl (C=O) groups is 1. The molecule has 2 unspecified atom stereocenters. The van der Waals surface area contributed by atoms with Crippen molar-refractivity contribution in [3.8, 4) is 0 Å². The molecule has 0 aromatic heterocycles. The Balaban J connectivity index is 1.97. The van der Waals surface area contributed by atoms with Gasteiger partial charge in [0.2, 0.25) is 5.91 Å². The van der Waals surface area contributed by atoms with Crippen LogP contribution in [0, 0.1) is 0 Å². The van der Waals surface area contributed by atoms with Crippen molar-refractivity contribution in [2.45, 2.75) is 44.3 Å². The van der Waals surface area contributed by atoms with Gasteiger partial charge in [0.25, 0.3) is 0 Å². The Morgan fingerprint density at radius 1 is 1.29 bits per heavy atom. The van der Waals surface area contributed by atoms with Gasteiger partial charge in [-0.1, -0.05) is 19.1 Å². The van der Waals surface area contributed by atoms with E-state index in [1.807, 2.05) is 0 Å². The molecule has 1 heterocycles. The first-order chi connectivity index (χ1) is 10.9. The Kier molecular flexibility index (Phi) is 4.99. The lowest BCUT2D eigenvalue weighted by Gasteiger charge is -2.25. The summed E-state index contributed by atoms with van der Waals surface area (Å²) in [4.78, 5) is 12.1. The molecule has 0 saturated carbocycles. The topological polar surface area (TPSA) is 63.2 Å². The van der Waals surface area contributed by atoms with Crippen LogP contribution in [0.3, 0.4) is 0 Å². The van der Waals surface area contributed by atoms with Crippen LogP contribution in [-0.2, 0) is 20.8 Å². The van der Waals surface area contributed by atoms with Crippen molar-refractivity contribution in [3.05, 3.63) is 35.4 Å². The quantitative estimate of drug-likeness (QED) is 0.895. The predicted octanol–water partition coefficient (Wildman–Crippen LogP) is 2.89. The number of amides is 1. The van der Waals surface area contributed by atoms with Crippen LogP contribution in [0.4, 0.5) is 13.2 Å². The summed E-state index contributed by atoms with van der Waals surface area (Å²) in [7, 11) is -3.12. The molecule has 1 aliphatic heterocycles. The number of halogens is 3. The molecule has 1 aliphatic rings. The van der Waals surface area contributed by atoms with E-state index in [1.165, 1.54) is 12.1 Å². The third-order valence-corrected chi connectivity index (χ3v) is 6.15. The minimum atomic E-state index is -4.39. The van der Waals surface area contributed by atoms with Gasteiger partial charge >= 0.3 is 6.18 Å². The van der Waals surface area contributed by atoms with Crippen LogP contribution >= 0.6 is 0 Å². The van der Waals surface area contributed by atoms with Crippen LogP contribution in [0.25, 0.3) is 0 Å². The van der Waals surface area contributed by atoms with Crippen LogP contribution in [0.15, 0.2) is 24.3 Å². The van der Waals surface area contributed by atoms with Crippen LogP contribution in [-0.4, -0.2) is 31.4 Å². The van der Waals surface area contributed by atoms with E-state index in [1.54, 1.807) is 13.8 Å². The molecule has 0 aliphatic carbocycles. The maximum atomic E-state index is 12.5. The average Bonchev–Trinajstić information content (AvgIpc) is 2.71. The van der Waals surface area contributed by atoms with Crippen molar-refractivity contribution < 1.29 is 26.4 Å². The summed E-state index contributed by atoms with van der Waals surface area (Å²) in [6, 6.07) is 4.72. The highest BCUT2D eigenvalue weighted by atomic mass is 32.2. The number of nitrogens with one attached hydrogen (secondary N) is 1. The summed E-state index contributed by atoms with van der Waals surface area (Å²) >= 11 is 0. The van der Waals surface area contributed by atoms with E-state index in [-0.39, 0.29) is 29.8 Å². The number of hydrogen-bond acceptors (Lipinski definition) is 3. The number of benzene rings is 1. The molecule has 1 N–H and O–H groups in total. The summed E-state index contributed by atoms with van der Waals surface area (Å²) in [5, 5.41) is 2.75. The van der Waals surface area contributed by atoms with Crippen LogP contribution in [0.1, 0.15) is 43.7 Å². The summed E-state index contributed by atoms with van der Waals surface area (Å²) in [6.45, 7) is 3.44. The van der Waals surface area contributed by atoms with Crippen molar-refractivity contribution in [1.82, 2.24) is 5.32 Å². The highest BCUT2D eigenvalue weighted by Crippen LogP contribution is 2.31. The third kappa shape index (κ3) is 4.72. The molecular formula is C16H20F3NO3S. The van der Waals surface area contributed by atoms with E-state index in [9.17, 15) is 26.4 Å². The fourth-order valence-corrected chi connectivity index (χ4v) is 4.99. The third-order valence-electron chi connectivity index (χ3n) is 4.24. The largest absolute Gasteiger partial charge is 0.416 e. The van der Waals surface area contributed by atoms with Gasteiger partial charge in [-0.3, -0.25) is 4.79 Å². The Morgan fingerprint density at radius 2 is 1.88 bits per heavy atom. The Labute approximate surface area is 139 Å². The zero-order valence-electron chi connectivity index (χ0n) is 13.5. The molecule has 0 bridgehead atoms. The smallest absolute Gasteiger partial charge is 0.350 e. The van der Waals surface area contributed by atoms with E-state index in [4.69, 9.17) is 0 Å². The fraction of sp³-hybridized carbons (Fsp3) is 0.562. The van der Waals surface area contributed by atoms with Gasteiger partial charge < -0.3 is 5.32 Å². The number of rotatable bonds is 4. The molecule has 4 nitrogen and oxygen atoms in total. The monoisotopic (exact) mass is 363 g/mol. The molecule has 1 amide bonds. The minimum Gasteiger partial charge on any atom is -0.350 e. The van der Waals surface area contributed by atoms with Crippen molar-refractivity contribution in [2.24, 2.45) is 0 Å². The first-order valence-corrected chi connectivity index (χ1v) is 9.41. The van der Waals surface area contributed by atoms with Gasteiger partial charge in [-0.15, -0.1) is 0 Å². The van der Waals surface area contributed by atoms with Crippen LogP contribution in [0.2, 0.25) is 0 Å². The summed E-state index contributed by atoms with van der Waals surface area (Å²) in [6.07, 6.45) is -3.93. The Bertz CT molecular complexity index is 713. The molecule has 1 saturated heterocycles. The van der Waals surface area contributed by atoms with Gasteiger partial charge in [-0.05, 0) is 37.0 Å². The number of sulfone groups is 1. The first kappa shape index (κ1) is 18.8. The van der Waals surface area contributed by atoms with Gasteiger partial charge in [0.15, 0.2) is 9.84 Å². The lowest BCUT2D eigenvalue weighted by molar-refractivity contribution is -0.137. The van der Waals surface area contributed by atoms with Crippen LogP contribution in [0.5, 0.6) is 0 Å². The van der Waals surface area contributed by atoms with Crippen molar-refractivity contribution in [3.63, 3.8) is 0 Å². The molecule has 24 heavy (non-hydrogen) atoms. The van der Waals surface area contributed by atoms with Gasteiger partial charge in [0.1, 0.15) is 0 Å². The maximum Gasteiger partial charge on any atom is 0.416 e. The zero-order chi connectivity index (χ0) is 18.2. The molecule has 0 radical (unpaired) electrons. The maximum absolute atomic E-state index is 12.5. The lowest BCUT2D eigenvalue weighted by Crippen LogP contribution is -2.47. The van der Waals surface area contributed by atoms with E-state index >= 15 is 0 Å².